The van der Waals surface area contributed by atoms with Crippen molar-refractivity contribution >= 4 is 27.6 Å². The number of hydrogen-bond acceptors (Lipinski definition) is 4. The van der Waals surface area contributed by atoms with Crippen LogP contribution in [0.15, 0.2) is 54.6 Å². The second-order valence-corrected chi connectivity index (χ2v) is 13.4. The summed E-state index contributed by atoms with van der Waals surface area (Å²) in [5, 5.41) is 10.8. The molecule has 1 saturated heterocycles. The number of rotatable bonds is 7. The molecule has 0 bridgehead atoms. The highest BCUT2D eigenvalue weighted by Crippen LogP contribution is 2.29. The Hall–Kier alpha value is -3.17. The standard InChI is InChI=1S/C29H39N5O3S/c1-6-38(36,37)33-17-15-22(16-18-33)19-23-9-7-8-10-25(23)30-28(35)31-27-20-26(29(3,4)5)32-34(27)24-13-11-21(2)12-14-24/h7-14,20,22H,6,15-19H2,1-5H3,(H2,30,31,35). The molecule has 0 unspecified atom stereocenters. The van der Waals surface area contributed by atoms with Gasteiger partial charge in [-0.25, -0.2) is 22.2 Å². The molecule has 0 aliphatic carbocycles. The average molecular weight is 538 g/mol. The number of nitrogens with zero attached hydrogens (tertiary/aromatic N) is 3. The van der Waals surface area contributed by atoms with Crippen molar-refractivity contribution in [1.82, 2.24) is 14.1 Å². The lowest BCUT2D eigenvalue weighted by Gasteiger charge is -2.31. The van der Waals surface area contributed by atoms with E-state index in [4.69, 9.17) is 5.10 Å². The zero-order valence-corrected chi connectivity index (χ0v) is 23.8. The lowest BCUT2D eigenvalue weighted by atomic mass is 9.90. The van der Waals surface area contributed by atoms with Crippen LogP contribution in [0, 0.1) is 12.8 Å². The number of urea groups is 1. The summed E-state index contributed by atoms with van der Waals surface area (Å²) in [5.41, 5.74) is 4.52. The molecule has 2 aromatic carbocycles. The molecule has 9 heteroatoms. The Morgan fingerprint density at radius 1 is 1.03 bits per heavy atom. The topological polar surface area (TPSA) is 96.3 Å². The number of para-hydroxylation sites is 1. The zero-order chi connectivity index (χ0) is 27.5. The highest BCUT2D eigenvalue weighted by Gasteiger charge is 2.27. The maximum absolute atomic E-state index is 13.2. The lowest BCUT2D eigenvalue weighted by Crippen LogP contribution is -2.39. The van der Waals surface area contributed by atoms with Gasteiger partial charge in [-0.15, -0.1) is 0 Å². The molecule has 0 spiro atoms. The molecule has 2 N–H and O–H groups in total. The Balaban J connectivity index is 1.47. The number of nitrogens with one attached hydrogen (secondary N) is 2. The van der Waals surface area contributed by atoms with Gasteiger partial charge < -0.3 is 5.32 Å². The first kappa shape index (κ1) is 27.9. The van der Waals surface area contributed by atoms with Crippen molar-refractivity contribution in [1.29, 1.82) is 0 Å². The first-order valence-corrected chi connectivity index (χ1v) is 14.9. The number of amides is 2. The second-order valence-electron chi connectivity index (χ2n) is 11.1. The molecule has 204 valence electrons. The quantitative estimate of drug-likeness (QED) is 0.403. The third kappa shape index (κ3) is 6.63. The number of aryl methyl sites for hydroxylation is 1. The van der Waals surface area contributed by atoms with E-state index in [9.17, 15) is 13.2 Å². The molecule has 38 heavy (non-hydrogen) atoms. The fourth-order valence-corrected chi connectivity index (χ4v) is 5.83. The van der Waals surface area contributed by atoms with E-state index < -0.39 is 10.0 Å². The molecule has 1 aliphatic rings. The molecule has 1 fully saturated rings. The fraction of sp³-hybridized carbons (Fsp3) is 0.448. The smallest absolute Gasteiger partial charge is 0.307 e. The SMILES string of the molecule is CCS(=O)(=O)N1CCC(Cc2ccccc2NC(=O)Nc2cc(C(C)(C)C)nn2-c2ccc(C)cc2)CC1. The van der Waals surface area contributed by atoms with Crippen LogP contribution in [0.1, 0.15) is 57.4 Å². The second kappa shape index (κ2) is 11.3. The monoisotopic (exact) mass is 537 g/mol. The van der Waals surface area contributed by atoms with E-state index in [-0.39, 0.29) is 17.2 Å². The van der Waals surface area contributed by atoms with E-state index in [2.05, 4.69) is 31.4 Å². The van der Waals surface area contributed by atoms with Crippen molar-refractivity contribution in [2.45, 2.75) is 59.3 Å². The van der Waals surface area contributed by atoms with Crippen LogP contribution in [0.25, 0.3) is 5.69 Å². The molecule has 3 aromatic rings. The molecule has 0 atom stereocenters. The van der Waals surface area contributed by atoms with Gasteiger partial charge in [-0.05, 0) is 62.8 Å². The van der Waals surface area contributed by atoms with Crippen molar-refractivity contribution in [3.05, 3.63) is 71.4 Å². The van der Waals surface area contributed by atoms with Crippen LogP contribution >= 0.6 is 0 Å². The van der Waals surface area contributed by atoms with Crippen LogP contribution in [0.2, 0.25) is 0 Å². The summed E-state index contributed by atoms with van der Waals surface area (Å²) in [5.74, 6) is 1.10. The maximum Gasteiger partial charge on any atom is 0.324 e. The molecule has 0 saturated carbocycles. The van der Waals surface area contributed by atoms with Crippen molar-refractivity contribution in [3.63, 3.8) is 0 Å². The predicted octanol–water partition coefficient (Wildman–Crippen LogP) is 5.73. The zero-order valence-electron chi connectivity index (χ0n) is 23.0. The van der Waals surface area contributed by atoms with Gasteiger partial charge in [0.25, 0.3) is 0 Å². The van der Waals surface area contributed by atoms with Gasteiger partial charge >= 0.3 is 6.03 Å². The van der Waals surface area contributed by atoms with Crippen molar-refractivity contribution in [2.75, 3.05) is 29.5 Å². The maximum atomic E-state index is 13.2. The van der Waals surface area contributed by atoms with Gasteiger partial charge in [-0.1, -0.05) is 56.7 Å². The minimum atomic E-state index is -3.14. The average Bonchev–Trinajstić information content (AvgIpc) is 3.30. The van der Waals surface area contributed by atoms with Crippen molar-refractivity contribution < 1.29 is 13.2 Å². The van der Waals surface area contributed by atoms with E-state index >= 15 is 0 Å². The molecule has 4 rings (SSSR count). The summed E-state index contributed by atoms with van der Waals surface area (Å²) in [6.45, 7) is 11.1. The van der Waals surface area contributed by atoms with E-state index in [1.54, 1.807) is 15.9 Å². The number of piperidine rings is 1. The Morgan fingerprint density at radius 2 is 1.68 bits per heavy atom. The van der Waals surface area contributed by atoms with E-state index in [0.29, 0.717) is 24.8 Å². The first-order chi connectivity index (χ1) is 18.0. The van der Waals surface area contributed by atoms with Crippen LogP contribution in [-0.4, -0.2) is 47.4 Å². The predicted molar refractivity (Wildman–Crippen MR) is 154 cm³/mol. The van der Waals surface area contributed by atoms with Gasteiger partial charge in [0, 0.05) is 30.3 Å². The Labute approximate surface area is 226 Å². The molecular formula is C29H39N5O3S. The molecule has 0 radical (unpaired) electrons. The Morgan fingerprint density at radius 3 is 2.32 bits per heavy atom. The van der Waals surface area contributed by atoms with Crippen molar-refractivity contribution in [2.24, 2.45) is 5.92 Å². The first-order valence-electron chi connectivity index (χ1n) is 13.3. The third-order valence-electron chi connectivity index (χ3n) is 7.10. The number of carbonyl (C=O) groups is 1. The minimum Gasteiger partial charge on any atom is -0.307 e. The summed E-state index contributed by atoms with van der Waals surface area (Å²) in [6, 6.07) is 17.4. The van der Waals surface area contributed by atoms with Gasteiger partial charge in [0.2, 0.25) is 10.0 Å². The Bertz CT molecular complexity index is 1370. The van der Waals surface area contributed by atoms with Gasteiger partial charge in [-0.3, -0.25) is 5.32 Å². The number of anilines is 2. The summed E-state index contributed by atoms with van der Waals surface area (Å²) in [6.07, 6.45) is 2.40. The van der Waals surface area contributed by atoms with Crippen LogP contribution in [0.5, 0.6) is 0 Å². The number of aromatic nitrogens is 2. The summed E-state index contributed by atoms with van der Waals surface area (Å²) in [7, 11) is -3.14. The van der Waals surface area contributed by atoms with E-state index in [1.165, 1.54) is 0 Å². The van der Waals surface area contributed by atoms with Crippen LogP contribution in [0.3, 0.4) is 0 Å². The number of hydrogen-bond donors (Lipinski definition) is 2. The summed E-state index contributed by atoms with van der Waals surface area (Å²) < 4.78 is 27.8. The van der Waals surface area contributed by atoms with E-state index in [1.807, 2.05) is 61.5 Å². The normalized spacial score (nSPS) is 15.4. The van der Waals surface area contributed by atoms with Crippen LogP contribution in [0.4, 0.5) is 16.3 Å². The molecule has 2 heterocycles. The highest BCUT2D eigenvalue weighted by atomic mass is 32.2. The largest absolute Gasteiger partial charge is 0.324 e. The molecule has 1 aliphatic heterocycles. The molecule has 1 aromatic heterocycles. The number of carbonyl (C=O) groups excluding carboxylic acids is 1. The fourth-order valence-electron chi connectivity index (χ4n) is 4.69. The van der Waals surface area contributed by atoms with E-state index in [0.717, 1.165) is 47.5 Å². The third-order valence-corrected chi connectivity index (χ3v) is 8.99. The summed E-state index contributed by atoms with van der Waals surface area (Å²) in [4.78, 5) is 13.2. The van der Waals surface area contributed by atoms with Gasteiger partial charge in [0.15, 0.2) is 0 Å². The summed E-state index contributed by atoms with van der Waals surface area (Å²) >= 11 is 0. The van der Waals surface area contributed by atoms with Gasteiger partial charge in [-0.2, -0.15) is 5.10 Å². The molecule has 2 amide bonds. The minimum absolute atomic E-state index is 0.138. The van der Waals surface area contributed by atoms with Gasteiger partial charge in [0.1, 0.15) is 5.82 Å². The lowest BCUT2D eigenvalue weighted by molar-refractivity contribution is 0.261. The Kier molecular flexibility index (Phi) is 8.28. The molecule has 8 nitrogen and oxygen atoms in total. The van der Waals surface area contributed by atoms with Crippen LogP contribution in [-0.2, 0) is 21.9 Å². The highest BCUT2D eigenvalue weighted by molar-refractivity contribution is 7.89. The van der Waals surface area contributed by atoms with Gasteiger partial charge in [0.05, 0.1) is 17.1 Å². The van der Waals surface area contributed by atoms with Crippen molar-refractivity contribution in [3.8, 4) is 5.69 Å². The molecular weight excluding hydrogens is 498 g/mol. The number of sulfonamides is 1. The van der Waals surface area contributed by atoms with Crippen LogP contribution < -0.4 is 10.6 Å². The number of benzene rings is 2.